The largest absolute Gasteiger partial charge is 0.440 e. The first-order valence-corrected chi connectivity index (χ1v) is 2.70. The van der Waals surface area contributed by atoms with Crippen LogP contribution in [0.2, 0.25) is 0 Å². The molecular formula is C5H9NO4. The molecule has 1 amide bonds. The fourth-order valence-electron chi connectivity index (χ4n) is 0.364. The van der Waals surface area contributed by atoms with Crippen molar-refractivity contribution in [3.63, 3.8) is 0 Å². The van der Waals surface area contributed by atoms with Gasteiger partial charge in [-0.1, -0.05) is 0 Å². The molecule has 0 spiro atoms. The summed E-state index contributed by atoms with van der Waals surface area (Å²) in [6.07, 6.45) is -0.271. The monoisotopic (exact) mass is 147 g/mol. The molecule has 0 aromatic heterocycles. The van der Waals surface area contributed by atoms with Crippen molar-refractivity contribution in [2.45, 2.75) is 13.2 Å². The molecular weight excluding hydrogens is 138 g/mol. The second-order valence-electron chi connectivity index (χ2n) is 1.57. The first-order valence-electron chi connectivity index (χ1n) is 2.70. The maximum Gasteiger partial charge on any atom is 0.333 e. The van der Waals surface area contributed by atoms with Crippen LogP contribution in [-0.4, -0.2) is 30.3 Å². The van der Waals surface area contributed by atoms with Gasteiger partial charge in [-0.25, -0.2) is 4.79 Å². The molecule has 0 bridgehead atoms. The minimum atomic E-state index is -0.762. The Morgan fingerprint density at radius 1 is 1.90 bits per heavy atom. The Labute approximate surface area is 58.0 Å². The highest BCUT2D eigenvalue weighted by molar-refractivity contribution is 5.70. The lowest BCUT2D eigenvalue weighted by molar-refractivity contribution is -0.153. The van der Waals surface area contributed by atoms with Crippen LogP contribution in [-0.2, 0) is 14.3 Å². The lowest BCUT2D eigenvalue weighted by atomic mass is 10.6. The third-order valence-corrected chi connectivity index (χ3v) is 0.740. The highest BCUT2D eigenvalue weighted by atomic mass is 16.6. The topological polar surface area (TPSA) is 75.6 Å². The van der Waals surface area contributed by atoms with Crippen molar-refractivity contribution in [2.75, 3.05) is 6.61 Å². The maximum absolute atomic E-state index is 10.3. The first-order chi connectivity index (χ1) is 4.70. The lowest BCUT2D eigenvalue weighted by Crippen LogP contribution is -2.30. The molecule has 10 heavy (non-hydrogen) atoms. The molecule has 0 saturated heterocycles. The van der Waals surface area contributed by atoms with Crippen molar-refractivity contribution in [2.24, 2.45) is 0 Å². The number of aliphatic hydroxyl groups excluding tert-OH is 1. The molecule has 0 aliphatic rings. The molecule has 0 aromatic carbocycles. The van der Waals surface area contributed by atoms with Gasteiger partial charge in [-0.2, -0.15) is 0 Å². The van der Waals surface area contributed by atoms with Crippen LogP contribution in [0.3, 0.4) is 0 Å². The van der Waals surface area contributed by atoms with Gasteiger partial charge in [0.05, 0.1) is 0 Å². The number of hydrogen-bond acceptors (Lipinski definition) is 4. The van der Waals surface area contributed by atoms with Crippen LogP contribution < -0.4 is 5.32 Å². The molecule has 58 valence electrons. The van der Waals surface area contributed by atoms with Gasteiger partial charge in [-0.15, -0.1) is 0 Å². The number of carbonyl (C=O) groups is 2. The van der Waals surface area contributed by atoms with Crippen molar-refractivity contribution >= 4 is 12.4 Å². The lowest BCUT2D eigenvalue weighted by Gasteiger charge is -2.09. The van der Waals surface area contributed by atoms with E-state index in [1.165, 1.54) is 6.92 Å². The van der Waals surface area contributed by atoms with Crippen molar-refractivity contribution in [3.8, 4) is 0 Å². The summed E-state index contributed by atoms with van der Waals surface area (Å²) in [5.74, 6) is -0.762. The third-order valence-electron chi connectivity index (χ3n) is 0.740. The Morgan fingerprint density at radius 3 is 2.90 bits per heavy atom. The first kappa shape index (κ1) is 8.90. The van der Waals surface area contributed by atoms with Gasteiger partial charge in [0.15, 0.2) is 6.23 Å². The SMILES string of the molecule is CC(NC=O)OC(=O)CO. The molecule has 2 N–H and O–H groups in total. The number of esters is 1. The fourth-order valence-corrected chi connectivity index (χ4v) is 0.364. The van der Waals surface area contributed by atoms with Crippen molar-refractivity contribution < 1.29 is 19.4 Å². The molecule has 1 unspecified atom stereocenters. The molecule has 5 heteroatoms. The highest BCUT2D eigenvalue weighted by Crippen LogP contribution is 1.83. The van der Waals surface area contributed by atoms with E-state index in [0.29, 0.717) is 6.41 Å². The molecule has 0 aliphatic heterocycles. The normalized spacial score (nSPS) is 11.8. The Balaban J connectivity index is 3.46. The van der Waals surface area contributed by atoms with Gasteiger partial charge in [0.2, 0.25) is 6.41 Å². The molecule has 1 atom stereocenters. The molecule has 0 saturated carbocycles. The van der Waals surface area contributed by atoms with E-state index >= 15 is 0 Å². The summed E-state index contributed by atoms with van der Waals surface area (Å²) in [6.45, 7) is 0.798. The summed E-state index contributed by atoms with van der Waals surface area (Å²) in [5, 5.41) is 10.3. The van der Waals surface area contributed by atoms with E-state index in [2.05, 4.69) is 10.1 Å². The average Bonchev–Trinajstić information content (AvgIpc) is 1.88. The summed E-state index contributed by atoms with van der Waals surface area (Å²) in [4.78, 5) is 20.0. The zero-order chi connectivity index (χ0) is 7.98. The minimum absolute atomic E-state index is 0.412. The number of hydrogen-bond donors (Lipinski definition) is 2. The van der Waals surface area contributed by atoms with Gasteiger partial charge >= 0.3 is 5.97 Å². The minimum Gasteiger partial charge on any atom is -0.440 e. The molecule has 5 nitrogen and oxygen atoms in total. The molecule has 0 radical (unpaired) electrons. The van der Waals surface area contributed by atoms with Gasteiger partial charge in [0.1, 0.15) is 6.61 Å². The number of aliphatic hydroxyl groups is 1. The molecule has 0 fully saturated rings. The second kappa shape index (κ2) is 4.75. The van der Waals surface area contributed by atoms with Gasteiger partial charge in [-0.3, -0.25) is 4.79 Å². The second-order valence-corrected chi connectivity index (χ2v) is 1.57. The van der Waals surface area contributed by atoms with Crippen LogP contribution in [0.15, 0.2) is 0 Å². The van der Waals surface area contributed by atoms with E-state index in [0.717, 1.165) is 0 Å². The molecule has 0 heterocycles. The van der Waals surface area contributed by atoms with Crippen molar-refractivity contribution in [3.05, 3.63) is 0 Å². The fraction of sp³-hybridized carbons (Fsp3) is 0.600. The summed E-state index contributed by atoms with van der Waals surface area (Å²) in [7, 11) is 0. The molecule has 0 rings (SSSR count). The summed E-state index contributed by atoms with van der Waals surface area (Å²) in [6, 6.07) is 0. The van der Waals surface area contributed by atoms with Crippen LogP contribution in [0.5, 0.6) is 0 Å². The number of rotatable bonds is 4. The molecule has 0 aliphatic carbocycles. The molecule has 0 aromatic rings. The van der Waals surface area contributed by atoms with Crippen LogP contribution >= 0.6 is 0 Å². The Kier molecular flexibility index (Phi) is 4.23. The van der Waals surface area contributed by atoms with Gasteiger partial charge in [0, 0.05) is 0 Å². The predicted octanol–water partition coefficient (Wildman–Crippen LogP) is -1.39. The highest BCUT2D eigenvalue weighted by Gasteiger charge is 2.04. The third kappa shape index (κ3) is 3.85. The number of amides is 1. The maximum atomic E-state index is 10.3. The van der Waals surface area contributed by atoms with Gasteiger partial charge in [0.25, 0.3) is 0 Å². The van der Waals surface area contributed by atoms with E-state index in [4.69, 9.17) is 5.11 Å². The Morgan fingerprint density at radius 2 is 2.50 bits per heavy atom. The van der Waals surface area contributed by atoms with Gasteiger partial charge < -0.3 is 15.2 Å². The standard InChI is InChI=1S/C5H9NO4/c1-4(6-3-8)10-5(9)2-7/h3-4,7H,2H2,1H3,(H,6,8). The van der Waals surface area contributed by atoms with E-state index in [1.807, 2.05) is 0 Å². The zero-order valence-electron chi connectivity index (χ0n) is 5.53. The Hall–Kier alpha value is -1.10. The predicted molar refractivity (Wildman–Crippen MR) is 31.8 cm³/mol. The van der Waals surface area contributed by atoms with Crippen molar-refractivity contribution in [1.29, 1.82) is 0 Å². The van der Waals surface area contributed by atoms with Crippen LogP contribution in [0.25, 0.3) is 0 Å². The number of carbonyl (C=O) groups excluding carboxylic acids is 2. The number of ether oxygens (including phenoxy) is 1. The van der Waals surface area contributed by atoms with Gasteiger partial charge in [-0.05, 0) is 6.92 Å². The van der Waals surface area contributed by atoms with E-state index in [1.54, 1.807) is 0 Å². The van der Waals surface area contributed by atoms with E-state index in [-0.39, 0.29) is 0 Å². The summed E-state index contributed by atoms with van der Waals surface area (Å²) in [5.41, 5.74) is 0. The average molecular weight is 147 g/mol. The number of nitrogens with one attached hydrogen (secondary N) is 1. The van der Waals surface area contributed by atoms with Crippen molar-refractivity contribution in [1.82, 2.24) is 5.32 Å². The van der Waals surface area contributed by atoms with Crippen LogP contribution in [0.4, 0.5) is 0 Å². The quantitative estimate of drug-likeness (QED) is 0.292. The van der Waals surface area contributed by atoms with Crippen LogP contribution in [0, 0.1) is 0 Å². The smallest absolute Gasteiger partial charge is 0.333 e. The zero-order valence-corrected chi connectivity index (χ0v) is 5.53. The summed E-state index contributed by atoms with van der Waals surface area (Å²) >= 11 is 0. The van der Waals surface area contributed by atoms with E-state index in [9.17, 15) is 9.59 Å². The Bertz CT molecular complexity index is 125. The van der Waals surface area contributed by atoms with Crippen LogP contribution in [0.1, 0.15) is 6.92 Å². The summed E-state index contributed by atoms with van der Waals surface area (Å²) < 4.78 is 4.41. The van der Waals surface area contributed by atoms with E-state index < -0.39 is 18.8 Å².